The van der Waals surface area contributed by atoms with Gasteiger partial charge in [0, 0.05) is 24.1 Å². The van der Waals surface area contributed by atoms with Crippen LogP contribution >= 0.6 is 15.9 Å². The number of benzene rings is 1. The fraction of sp³-hybridized carbons (Fsp3) is 0.619. The second-order valence-electron chi connectivity index (χ2n) is 8.51. The second-order valence-corrected chi connectivity index (χ2v) is 9.42. The molecule has 2 amide bonds. The van der Waals surface area contributed by atoms with Crippen molar-refractivity contribution in [2.75, 3.05) is 19.6 Å². The number of nitrogens with zero attached hydrogens (tertiary/aromatic N) is 2. The number of carbonyl (C=O) groups is 2. The highest BCUT2D eigenvalue weighted by Gasteiger charge is 2.37. The molecule has 2 aliphatic rings. The Labute approximate surface area is 170 Å². The summed E-state index contributed by atoms with van der Waals surface area (Å²) in [7, 11) is 0. The molecule has 0 N–H and O–H groups in total. The molecule has 2 fully saturated rings. The Morgan fingerprint density at radius 2 is 1.74 bits per heavy atom. The molecule has 27 heavy (non-hydrogen) atoms. The first-order chi connectivity index (χ1) is 12.7. The largest absolute Gasteiger partial charge is 0.444 e. The van der Waals surface area contributed by atoms with E-state index in [1.807, 2.05) is 37.8 Å². The number of amides is 2. The third kappa shape index (κ3) is 5.03. The highest BCUT2D eigenvalue weighted by Crippen LogP contribution is 2.35. The summed E-state index contributed by atoms with van der Waals surface area (Å²) in [5, 5.41) is 0. The van der Waals surface area contributed by atoms with E-state index in [2.05, 4.69) is 28.1 Å². The number of halogens is 1. The highest BCUT2D eigenvalue weighted by atomic mass is 79.9. The van der Waals surface area contributed by atoms with Gasteiger partial charge >= 0.3 is 6.09 Å². The van der Waals surface area contributed by atoms with Gasteiger partial charge in [-0.2, -0.15) is 0 Å². The number of likely N-dealkylation sites (tertiary alicyclic amines) is 2. The molecule has 0 spiro atoms. The van der Waals surface area contributed by atoms with Gasteiger partial charge < -0.3 is 14.5 Å². The van der Waals surface area contributed by atoms with Gasteiger partial charge in [-0.15, -0.1) is 0 Å². The number of carbonyl (C=O) groups excluding carboxylic acids is 2. The molecule has 148 valence electrons. The summed E-state index contributed by atoms with van der Waals surface area (Å²) in [5.41, 5.74) is 0.666. The molecule has 2 heterocycles. The number of piperidine rings is 1. The van der Waals surface area contributed by atoms with Crippen molar-refractivity contribution >= 4 is 27.9 Å². The molecule has 0 saturated carbocycles. The zero-order valence-electron chi connectivity index (χ0n) is 16.4. The van der Waals surface area contributed by atoms with Gasteiger partial charge in [0.15, 0.2) is 0 Å². The summed E-state index contributed by atoms with van der Waals surface area (Å²) in [6.45, 7) is 7.51. The highest BCUT2D eigenvalue weighted by molar-refractivity contribution is 9.10. The van der Waals surface area contributed by atoms with Crippen LogP contribution in [0.25, 0.3) is 0 Å². The van der Waals surface area contributed by atoms with Gasteiger partial charge in [0.1, 0.15) is 5.60 Å². The Hall–Kier alpha value is -1.56. The van der Waals surface area contributed by atoms with E-state index in [-0.39, 0.29) is 24.0 Å². The zero-order chi connectivity index (χ0) is 19.6. The van der Waals surface area contributed by atoms with Crippen LogP contribution in [0.3, 0.4) is 0 Å². The van der Waals surface area contributed by atoms with Gasteiger partial charge in [0.2, 0.25) is 5.91 Å². The lowest BCUT2D eigenvalue weighted by atomic mass is 9.95. The first kappa shape index (κ1) is 20.2. The minimum atomic E-state index is -0.518. The van der Waals surface area contributed by atoms with Crippen LogP contribution in [-0.2, 0) is 9.53 Å². The van der Waals surface area contributed by atoms with Crippen molar-refractivity contribution < 1.29 is 14.3 Å². The van der Waals surface area contributed by atoms with E-state index >= 15 is 0 Å². The SMILES string of the molecule is CC(C)(C)OC(=O)N1CCCC(C(=O)N2CCCC2c2ccc(Br)cc2)C1. The van der Waals surface area contributed by atoms with Crippen molar-refractivity contribution in [2.24, 2.45) is 5.92 Å². The quantitative estimate of drug-likeness (QED) is 0.671. The third-order valence-electron chi connectivity index (χ3n) is 5.21. The predicted molar refractivity (Wildman–Crippen MR) is 108 cm³/mol. The first-order valence-electron chi connectivity index (χ1n) is 9.78. The molecule has 1 aromatic carbocycles. The van der Waals surface area contributed by atoms with E-state index in [0.717, 1.165) is 36.7 Å². The normalized spacial score (nSPS) is 23.4. The lowest BCUT2D eigenvalue weighted by molar-refractivity contribution is -0.138. The maximum atomic E-state index is 13.2. The number of rotatable bonds is 2. The minimum absolute atomic E-state index is 0.137. The molecule has 1 aromatic rings. The van der Waals surface area contributed by atoms with Gasteiger partial charge in [-0.3, -0.25) is 4.79 Å². The van der Waals surface area contributed by atoms with E-state index in [1.54, 1.807) is 4.90 Å². The average molecular weight is 437 g/mol. The van der Waals surface area contributed by atoms with Crippen LogP contribution in [0.15, 0.2) is 28.7 Å². The third-order valence-corrected chi connectivity index (χ3v) is 5.74. The van der Waals surface area contributed by atoms with E-state index in [9.17, 15) is 9.59 Å². The maximum absolute atomic E-state index is 13.2. The summed E-state index contributed by atoms with van der Waals surface area (Å²) < 4.78 is 6.53. The maximum Gasteiger partial charge on any atom is 0.410 e. The van der Waals surface area contributed by atoms with Gasteiger partial charge in [-0.05, 0) is 64.2 Å². The standard InChI is InChI=1S/C21H29BrN2O3/c1-21(2,3)27-20(26)23-12-4-6-16(14-23)19(25)24-13-5-7-18(24)15-8-10-17(22)11-9-15/h8-11,16,18H,4-7,12-14H2,1-3H3. The molecule has 5 nitrogen and oxygen atoms in total. The fourth-order valence-electron chi connectivity index (χ4n) is 3.97. The molecule has 2 atom stereocenters. The molecule has 2 saturated heterocycles. The summed E-state index contributed by atoms with van der Waals surface area (Å²) in [4.78, 5) is 29.4. The van der Waals surface area contributed by atoms with E-state index in [0.29, 0.717) is 13.1 Å². The molecule has 0 aromatic heterocycles. The molecule has 3 rings (SSSR count). The van der Waals surface area contributed by atoms with Crippen LogP contribution in [0, 0.1) is 5.92 Å². The molecular formula is C21H29BrN2O3. The molecule has 2 unspecified atom stereocenters. The van der Waals surface area contributed by atoms with E-state index < -0.39 is 5.60 Å². The van der Waals surface area contributed by atoms with Crippen LogP contribution in [0.4, 0.5) is 4.79 Å². The summed E-state index contributed by atoms with van der Waals surface area (Å²) in [5.74, 6) is 0.0380. The summed E-state index contributed by atoms with van der Waals surface area (Å²) >= 11 is 3.47. The predicted octanol–water partition coefficient (Wildman–Crippen LogP) is 4.76. The smallest absolute Gasteiger partial charge is 0.410 e. The van der Waals surface area contributed by atoms with Crippen molar-refractivity contribution in [3.8, 4) is 0 Å². The summed E-state index contributed by atoms with van der Waals surface area (Å²) in [6.07, 6.45) is 3.38. The Bertz CT molecular complexity index is 684. The number of hydrogen-bond donors (Lipinski definition) is 0. The van der Waals surface area contributed by atoms with Crippen LogP contribution in [-0.4, -0.2) is 47.0 Å². The molecule has 6 heteroatoms. The van der Waals surface area contributed by atoms with Crippen LogP contribution in [0.1, 0.15) is 58.1 Å². The Kier molecular flexibility index (Phi) is 6.14. The lowest BCUT2D eigenvalue weighted by Gasteiger charge is -2.36. The van der Waals surface area contributed by atoms with Crippen LogP contribution < -0.4 is 0 Å². The van der Waals surface area contributed by atoms with Crippen molar-refractivity contribution in [1.29, 1.82) is 0 Å². The van der Waals surface area contributed by atoms with E-state index in [1.165, 1.54) is 5.56 Å². The van der Waals surface area contributed by atoms with Gasteiger partial charge in [-0.25, -0.2) is 4.79 Å². The number of hydrogen-bond acceptors (Lipinski definition) is 3. The molecule has 2 aliphatic heterocycles. The van der Waals surface area contributed by atoms with Gasteiger partial charge in [-0.1, -0.05) is 28.1 Å². The average Bonchev–Trinajstić information content (AvgIpc) is 3.10. The van der Waals surface area contributed by atoms with Crippen molar-refractivity contribution in [3.05, 3.63) is 34.3 Å². The Morgan fingerprint density at radius 3 is 2.41 bits per heavy atom. The van der Waals surface area contributed by atoms with Crippen molar-refractivity contribution in [1.82, 2.24) is 9.80 Å². The monoisotopic (exact) mass is 436 g/mol. The second kappa shape index (κ2) is 8.21. The summed E-state index contributed by atoms with van der Waals surface area (Å²) in [6, 6.07) is 8.38. The minimum Gasteiger partial charge on any atom is -0.444 e. The van der Waals surface area contributed by atoms with Crippen LogP contribution in [0.2, 0.25) is 0 Å². The fourth-order valence-corrected chi connectivity index (χ4v) is 4.23. The van der Waals surface area contributed by atoms with E-state index in [4.69, 9.17) is 4.74 Å². The number of ether oxygens (including phenoxy) is 1. The topological polar surface area (TPSA) is 49.9 Å². The van der Waals surface area contributed by atoms with Gasteiger partial charge in [0.25, 0.3) is 0 Å². The Balaban J connectivity index is 1.67. The Morgan fingerprint density at radius 1 is 1.07 bits per heavy atom. The molecule has 0 radical (unpaired) electrons. The van der Waals surface area contributed by atoms with Gasteiger partial charge in [0.05, 0.1) is 12.0 Å². The van der Waals surface area contributed by atoms with Crippen molar-refractivity contribution in [2.45, 2.75) is 58.1 Å². The van der Waals surface area contributed by atoms with Crippen molar-refractivity contribution in [3.63, 3.8) is 0 Å². The lowest BCUT2D eigenvalue weighted by Crippen LogP contribution is -2.47. The molecular weight excluding hydrogens is 408 g/mol. The molecule has 0 aliphatic carbocycles. The van der Waals surface area contributed by atoms with Crippen LogP contribution in [0.5, 0.6) is 0 Å². The zero-order valence-corrected chi connectivity index (χ0v) is 18.0. The first-order valence-corrected chi connectivity index (χ1v) is 10.6. The molecule has 0 bridgehead atoms.